The third-order valence-corrected chi connectivity index (χ3v) is 4.49. The number of thioether (sulfide) groups is 1. The summed E-state index contributed by atoms with van der Waals surface area (Å²) in [5.41, 5.74) is 1.25. The zero-order chi connectivity index (χ0) is 12.2. The highest BCUT2D eigenvalue weighted by Crippen LogP contribution is 2.49. The standard InChI is InChI=1S/C14H13N3S/c1-18-12-10-15-13-16-9-5-4-8-14(16)7-3-2-6-11(14)17(12)13/h2-6,8-10H,7H2,1H3. The van der Waals surface area contributed by atoms with Gasteiger partial charge in [-0.15, -0.1) is 11.8 Å². The Bertz CT molecular complexity index is 635. The Labute approximate surface area is 110 Å². The van der Waals surface area contributed by atoms with Crippen LogP contribution in [-0.4, -0.2) is 21.3 Å². The topological polar surface area (TPSA) is 21.1 Å². The van der Waals surface area contributed by atoms with Crippen LogP contribution in [-0.2, 0) is 0 Å². The summed E-state index contributed by atoms with van der Waals surface area (Å²) in [7, 11) is 0. The summed E-state index contributed by atoms with van der Waals surface area (Å²) in [5.74, 6) is 1.02. The lowest BCUT2D eigenvalue weighted by molar-refractivity contribution is 0.652. The molecule has 0 bridgehead atoms. The Morgan fingerprint density at radius 1 is 1.33 bits per heavy atom. The molecule has 4 rings (SSSR count). The molecule has 1 atom stereocenters. The smallest absolute Gasteiger partial charge is 0.216 e. The van der Waals surface area contributed by atoms with E-state index in [4.69, 9.17) is 0 Å². The van der Waals surface area contributed by atoms with Crippen molar-refractivity contribution in [3.63, 3.8) is 0 Å². The monoisotopic (exact) mass is 255 g/mol. The molecule has 1 aromatic rings. The molecule has 0 N–H and O–H groups in total. The number of hydrogen-bond acceptors (Lipinski definition) is 3. The number of imidazole rings is 1. The summed E-state index contributed by atoms with van der Waals surface area (Å²) < 4.78 is 2.27. The second kappa shape index (κ2) is 3.42. The first-order valence-corrected chi connectivity index (χ1v) is 7.24. The number of rotatable bonds is 1. The van der Waals surface area contributed by atoms with Gasteiger partial charge in [0.15, 0.2) is 0 Å². The summed E-state index contributed by atoms with van der Waals surface area (Å²) in [6.45, 7) is 0. The highest BCUT2D eigenvalue weighted by atomic mass is 32.2. The third-order valence-electron chi connectivity index (χ3n) is 3.79. The Hall–Kier alpha value is -1.68. The third kappa shape index (κ3) is 1.04. The molecule has 1 spiro atoms. The molecular weight excluding hydrogens is 242 g/mol. The lowest BCUT2D eigenvalue weighted by Gasteiger charge is -2.37. The Kier molecular flexibility index (Phi) is 1.95. The van der Waals surface area contributed by atoms with Gasteiger partial charge in [-0.3, -0.25) is 4.57 Å². The van der Waals surface area contributed by atoms with E-state index in [0.29, 0.717) is 0 Å². The number of hydrogen-bond donors (Lipinski definition) is 0. The normalized spacial score (nSPS) is 26.9. The molecule has 0 fully saturated rings. The van der Waals surface area contributed by atoms with Crippen LogP contribution in [0.3, 0.4) is 0 Å². The molecule has 3 heterocycles. The van der Waals surface area contributed by atoms with Gasteiger partial charge < -0.3 is 4.90 Å². The average molecular weight is 255 g/mol. The predicted octanol–water partition coefficient (Wildman–Crippen LogP) is 3.05. The fraction of sp³-hybridized carbons (Fsp3) is 0.214. The van der Waals surface area contributed by atoms with Crippen LogP contribution in [0.1, 0.15) is 6.42 Å². The fourth-order valence-corrected chi connectivity index (χ4v) is 3.50. The van der Waals surface area contributed by atoms with Crippen LogP contribution in [0.15, 0.2) is 53.9 Å². The molecule has 0 saturated heterocycles. The van der Waals surface area contributed by atoms with E-state index in [-0.39, 0.29) is 5.54 Å². The Morgan fingerprint density at radius 2 is 2.28 bits per heavy atom. The SMILES string of the molecule is CSc1cnc2n1C1=CC=CCC13C=CC=CN23. The van der Waals surface area contributed by atoms with E-state index >= 15 is 0 Å². The first kappa shape index (κ1) is 10.3. The van der Waals surface area contributed by atoms with Gasteiger partial charge in [0.1, 0.15) is 10.6 Å². The Balaban J connectivity index is 2.02. The molecule has 18 heavy (non-hydrogen) atoms. The maximum atomic E-state index is 4.59. The summed E-state index contributed by atoms with van der Waals surface area (Å²) in [5, 5.41) is 1.20. The maximum absolute atomic E-state index is 4.59. The number of fused-ring (bicyclic) bond motifs is 3. The van der Waals surface area contributed by atoms with E-state index in [1.165, 1.54) is 10.7 Å². The zero-order valence-electron chi connectivity index (χ0n) is 10.1. The summed E-state index contributed by atoms with van der Waals surface area (Å²) in [6, 6.07) is 0. The highest BCUT2D eigenvalue weighted by Gasteiger charge is 2.48. The maximum Gasteiger partial charge on any atom is 0.216 e. The molecule has 0 aromatic carbocycles. The number of aromatic nitrogens is 2. The van der Waals surface area contributed by atoms with Crippen LogP contribution in [0.2, 0.25) is 0 Å². The van der Waals surface area contributed by atoms with Crippen molar-refractivity contribution in [1.29, 1.82) is 0 Å². The quantitative estimate of drug-likeness (QED) is 0.720. The van der Waals surface area contributed by atoms with Gasteiger partial charge in [0.2, 0.25) is 5.95 Å². The lowest BCUT2D eigenvalue weighted by atomic mass is 9.85. The highest BCUT2D eigenvalue weighted by molar-refractivity contribution is 7.98. The van der Waals surface area contributed by atoms with Gasteiger partial charge in [0, 0.05) is 6.20 Å². The number of anilines is 1. The van der Waals surface area contributed by atoms with Crippen molar-refractivity contribution >= 4 is 23.4 Å². The molecule has 1 aliphatic carbocycles. The largest absolute Gasteiger partial charge is 0.303 e. The van der Waals surface area contributed by atoms with Crippen molar-refractivity contribution in [3.8, 4) is 0 Å². The van der Waals surface area contributed by atoms with Crippen LogP contribution >= 0.6 is 11.8 Å². The minimum atomic E-state index is -0.0580. The van der Waals surface area contributed by atoms with E-state index in [1.54, 1.807) is 11.8 Å². The Morgan fingerprint density at radius 3 is 3.17 bits per heavy atom. The van der Waals surface area contributed by atoms with Crippen molar-refractivity contribution in [1.82, 2.24) is 9.55 Å². The van der Waals surface area contributed by atoms with Gasteiger partial charge in [0.05, 0.1) is 11.9 Å². The van der Waals surface area contributed by atoms with Crippen LogP contribution in [0, 0.1) is 0 Å². The van der Waals surface area contributed by atoms with E-state index in [9.17, 15) is 0 Å². The van der Waals surface area contributed by atoms with Gasteiger partial charge in [-0.2, -0.15) is 0 Å². The van der Waals surface area contributed by atoms with Gasteiger partial charge in [-0.1, -0.05) is 24.3 Å². The van der Waals surface area contributed by atoms with Crippen LogP contribution in [0.5, 0.6) is 0 Å². The number of nitrogens with zero attached hydrogens (tertiary/aromatic N) is 3. The van der Waals surface area contributed by atoms with Crippen LogP contribution in [0.25, 0.3) is 5.70 Å². The van der Waals surface area contributed by atoms with E-state index in [2.05, 4.69) is 63.4 Å². The molecule has 2 aliphatic heterocycles. The fourth-order valence-electron chi connectivity index (χ4n) is 2.98. The van der Waals surface area contributed by atoms with E-state index in [1.807, 2.05) is 6.20 Å². The van der Waals surface area contributed by atoms with E-state index < -0.39 is 0 Å². The minimum absolute atomic E-state index is 0.0580. The second-order valence-electron chi connectivity index (χ2n) is 4.62. The summed E-state index contributed by atoms with van der Waals surface area (Å²) in [4.78, 5) is 6.86. The molecule has 0 amide bonds. The predicted molar refractivity (Wildman–Crippen MR) is 75.5 cm³/mol. The van der Waals surface area contributed by atoms with Crippen molar-refractivity contribution < 1.29 is 0 Å². The molecule has 3 nitrogen and oxygen atoms in total. The number of allylic oxidation sites excluding steroid dienone is 4. The van der Waals surface area contributed by atoms with Crippen molar-refractivity contribution in [3.05, 3.63) is 48.9 Å². The summed E-state index contributed by atoms with van der Waals surface area (Å²) >= 11 is 1.74. The first-order chi connectivity index (χ1) is 8.87. The van der Waals surface area contributed by atoms with Crippen LogP contribution < -0.4 is 4.90 Å². The molecular formula is C14H13N3S. The molecule has 90 valence electrons. The molecule has 4 heteroatoms. The molecule has 3 aliphatic rings. The van der Waals surface area contributed by atoms with Gasteiger partial charge in [-0.05, 0) is 24.8 Å². The zero-order valence-corrected chi connectivity index (χ0v) is 10.9. The molecule has 1 unspecified atom stereocenters. The van der Waals surface area contributed by atoms with Crippen molar-refractivity contribution in [2.24, 2.45) is 0 Å². The van der Waals surface area contributed by atoms with Gasteiger partial charge in [0.25, 0.3) is 0 Å². The van der Waals surface area contributed by atoms with E-state index in [0.717, 1.165) is 12.4 Å². The van der Waals surface area contributed by atoms with Crippen molar-refractivity contribution in [2.75, 3.05) is 11.2 Å². The minimum Gasteiger partial charge on any atom is -0.303 e. The average Bonchev–Trinajstić information content (AvgIpc) is 2.93. The molecule has 0 saturated carbocycles. The lowest BCUT2D eigenvalue weighted by Crippen LogP contribution is -2.43. The molecule has 0 radical (unpaired) electrons. The van der Waals surface area contributed by atoms with Crippen LogP contribution in [0.4, 0.5) is 5.95 Å². The van der Waals surface area contributed by atoms with Crippen molar-refractivity contribution in [2.45, 2.75) is 17.0 Å². The molecule has 1 aromatic heterocycles. The first-order valence-electron chi connectivity index (χ1n) is 6.01. The second-order valence-corrected chi connectivity index (χ2v) is 5.44. The van der Waals surface area contributed by atoms with Gasteiger partial charge >= 0.3 is 0 Å². The summed E-state index contributed by atoms with van der Waals surface area (Å²) in [6.07, 6.45) is 20.2. The van der Waals surface area contributed by atoms with Gasteiger partial charge in [-0.25, -0.2) is 4.98 Å².